The molecule has 0 N–H and O–H groups in total. The first kappa shape index (κ1) is 28.8. The first-order valence-corrected chi connectivity index (χ1v) is 14.2. The number of aliphatic imine (C=N–C) groups is 1. The monoisotopic (exact) mass is 636 g/mol. The fourth-order valence-electron chi connectivity index (χ4n) is 5.16. The third kappa shape index (κ3) is 5.09. The lowest BCUT2D eigenvalue weighted by molar-refractivity contribution is -0.275. The van der Waals surface area contributed by atoms with E-state index >= 15 is 0 Å². The number of rotatable bonds is 4. The van der Waals surface area contributed by atoms with E-state index in [0.29, 0.717) is 42.1 Å². The summed E-state index contributed by atoms with van der Waals surface area (Å²) in [5.74, 6) is -1.02. The normalized spacial score (nSPS) is 22.9. The number of oxime groups is 1. The molecule has 1 atom stereocenters. The quantitative estimate of drug-likeness (QED) is 0.340. The number of halogens is 6. The Kier molecular flexibility index (Phi) is 7.14. The molecule has 5 aliphatic rings. The summed E-state index contributed by atoms with van der Waals surface area (Å²) >= 11 is 18.2. The van der Waals surface area contributed by atoms with Crippen LogP contribution in [0.5, 0.6) is 0 Å². The molecule has 13 heteroatoms. The molecule has 2 fully saturated rings. The molecular weight excluding hydrogens is 616 g/mol. The molecule has 7 nitrogen and oxygen atoms in total. The molecule has 4 aliphatic heterocycles. The lowest BCUT2D eigenvalue weighted by Crippen LogP contribution is -2.56. The van der Waals surface area contributed by atoms with Crippen molar-refractivity contribution in [3.05, 3.63) is 91.6 Å². The van der Waals surface area contributed by atoms with Gasteiger partial charge in [-0.25, -0.2) is 9.89 Å². The Balaban J connectivity index is 1.31. The molecule has 1 saturated carbocycles. The molecule has 0 aromatic heterocycles. The van der Waals surface area contributed by atoms with Crippen LogP contribution in [0.2, 0.25) is 10.0 Å². The third-order valence-electron chi connectivity index (χ3n) is 7.57. The molecule has 4 heterocycles. The second kappa shape index (κ2) is 10.4. The molecule has 1 unspecified atom stereocenters. The fourth-order valence-corrected chi connectivity index (χ4v) is 5.89. The van der Waals surface area contributed by atoms with Crippen LogP contribution >= 0.6 is 34.8 Å². The highest BCUT2D eigenvalue weighted by Gasteiger charge is 2.62. The highest BCUT2D eigenvalue weighted by atomic mass is 35.5. The number of benzene rings is 2. The van der Waals surface area contributed by atoms with Crippen molar-refractivity contribution in [2.24, 2.45) is 16.1 Å². The number of guanidine groups is 1. The standard InChI is InChI=1S/C29H22Cl3F3N4O3/c1-15-6-18(24-11-28(42-37-24,29(33,34)35)19-8-20(30)10-21(31)9-19)4-5-23(15)26(41)39(25(40)17-2-3-17)27-36-12-22(32)7-16-13-38(27)14-16/h4-10,12,17H,2-3,11,13-14H2,1H3/b22-12+,36-27?. The van der Waals surface area contributed by atoms with E-state index in [1.54, 1.807) is 19.1 Å². The summed E-state index contributed by atoms with van der Waals surface area (Å²) in [7, 11) is 0. The van der Waals surface area contributed by atoms with Gasteiger partial charge in [-0.05, 0) is 72.9 Å². The maximum atomic E-state index is 14.4. The van der Waals surface area contributed by atoms with Crippen LogP contribution in [0, 0.1) is 12.8 Å². The van der Waals surface area contributed by atoms with Gasteiger partial charge in [0.1, 0.15) is 0 Å². The predicted molar refractivity (Wildman–Crippen MR) is 153 cm³/mol. The van der Waals surface area contributed by atoms with Gasteiger partial charge in [0.2, 0.25) is 11.9 Å². The second-order valence-corrected chi connectivity index (χ2v) is 12.0. The fraction of sp³-hybridized carbons (Fsp3) is 0.310. The van der Waals surface area contributed by atoms with Crippen molar-refractivity contribution in [2.75, 3.05) is 13.1 Å². The SMILES string of the molecule is Cc1cc(C2=NOC(c3cc(Cl)cc(Cl)c3)(C(F)(F)F)C2)ccc1C(=O)N(C(=O)C1CC1)C1=N/C=C(/Cl)C=C2CN1C2. The molecule has 2 aromatic rings. The van der Waals surface area contributed by atoms with Crippen LogP contribution in [0.3, 0.4) is 0 Å². The summed E-state index contributed by atoms with van der Waals surface area (Å²) in [4.78, 5) is 39.7. The summed E-state index contributed by atoms with van der Waals surface area (Å²) in [6.45, 7) is 2.62. The van der Waals surface area contributed by atoms with Crippen molar-refractivity contribution in [3.8, 4) is 0 Å². The van der Waals surface area contributed by atoms with E-state index in [0.717, 1.165) is 22.6 Å². The number of alkyl halides is 3. The summed E-state index contributed by atoms with van der Waals surface area (Å²) in [6.07, 6.45) is -0.928. The maximum absolute atomic E-state index is 14.4. The molecule has 0 spiro atoms. The molecular formula is C29H22Cl3F3N4O3. The van der Waals surface area contributed by atoms with E-state index in [1.165, 1.54) is 24.4 Å². The van der Waals surface area contributed by atoms with Gasteiger partial charge < -0.3 is 9.74 Å². The summed E-state index contributed by atoms with van der Waals surface area (Å²) in [6, 6.07) is 8.13. The molecule has 42 heavy (non-hydrogen) atoms. The number of imide groups is 1. The first-order valence-electron chi connectivity index (χ1n) is 13.0. The van der Waals surface area contributed by atoms with Crippen LogP contribution in [-0.2, 0) is 15.2 Å². The van der Waals surface area contributed by atoms with Crippen LogP contribution < -0.4 is 0 Å². The molecule has 218 valence electrons. The van der Waals surface area contributed by atoms with Gasteiger partial charge in [-0.2, -0.15) is 13.2 Å². The van der Waals surface area contributed by atoms with E-state index in [2.05, 4.69) is 10.1 Å². The largest absolute Gasteiger partial charge is 0.435 e. The Morgan fingerprint density at radius 2 is 1.76 bits per heavy atom. The zero-order chi connectivity index (χ0) is 30.0. The van der Waals surface area contributed by atoms with Gasteiger partial charge in [-0.1, -0.05) is 46.0 Å². The number of allylic oxidation sites excluding steroid dienone is 2. The van der Waals surface area contributed by atoms with E-state index in [1.807, 2.05) is 4.90 Å². The van der Waals surface area contributed by atoms with Gasteiger partial charge in [-0.3, -0.25) is 9.59 Å². The zero-order valence-electron chi connectivity index (χ0n) is 22.0. The molecule has 2 aromatic carbocycles. The highest BCUT2D eigenvalue weighted by molar-refractivity contribution is 6.34. The third-order valence-corrected chi connectivity index (χ3v) is 8.21. The number of carbonyl (C=O) groups excluding carboxylic acids is 2. The summed E-state index contributed by atoms with van der Waals surface area (Å²) in [5.41, 5.74) is -1.02. The van der Waals surface area contributed by atoms with Gasteiger partial charge in [0.25, 0.3) is 11.5 Å². The van der Waals surface area contributed by atoms with Crippen molar-refractivity contribution in [1.82, 2.24) is 9.80 Å². The zero-order valence-corrected chi connectivity index (χ0v) is 24.3. The highest BCUT2D eigenvalue weighted by Crippen LogP contribution is 2.49. The Hall–Kier alpha value is -3.34. The Morgan fingerprint density at radius 3 is 2.38 bits per heavy atom. The van der Waals surface area contributed by atoms with E-state index < -0.39 is 24.1 Å². The number of carbonyl (C=O) groups is 2. The van der Waals surface area contributed by atoms with Crippen molar-refractivity contribution in [2.45, 2.75) is 38.0 Å². The van der Waals surface area contributed by atoms with Gasteiger partial charge in [0, 0.05) is 52.8 Å². The molecule has 2 bridgehead atoms. The Bertz CT molecular complexity index is 1620. The average Bonchev–Trinajstić information content (AvgIpc) is 3.62. The van der Waals surface area contributed by atoms with Gasteiger partial charge in [-0.15, -0.1) is 0 Å². The maximum Gasteiger partial charge on any atom is 0.435 e. The molecule has 1 saturated heterocycles. The lowest BCUT2D eigenvalue weighted by Gasteiger charge is -2.40. The van der Waals surface area contributed by atoms with Crippen LogP contribution in [0.1, 0.15) is 46.3 Å². The minimum atomic E-state index is -4.84. The summed E-state index contributed by atoms with van der Waals surface area (Å²) in [5, 5.41) is 4.24. The molecule has 1 aliphatic carbocycles. The number of hydrogen-bond acceptors (Lipinski definition) is 6. The van der Waals surface area contributed by atoms with Crippen LogP contribution in [0.15, 0.2) is 69.4 Å². The average molecular weight is 638 g/mol. The van der Waals surface area contributed by atoms with Gasteiger partial charge in [0.15, 0.2) is 0 Å². The summed E-state index contributed by atoms with van der Waals surface area (Å²) < 4.78 is 43.3. The lowest BCUT2D eigenvalue weighted by atomic mass is 9.86. The van der Waals surface area contributed by atoms with Crippen molar-refractivity contribution in [1.29, 1.82) is 0 Å². The van der Waals surface area contributed by atoms with Gasteiger partial charge in [0.05, 0.1) is 10.7 Å². The number of fused-ring (bicyclic) bond motifs is 2. The van der Waals surface area contributed by atoms with Crippen molar-refractivity contribution >= 4 is 58.3 Å². The van der Waals surface area contributed by atoms with Crippen molar-refractivity contribution in [3.63, 3.8) is 0 Å². The number of aryl methyl sites for hydroxylation is 1. The van der Waals surface area contributed by atoms with Crippen molar-refractivity contribution < 1.29 is 27.6 Å². The molecule has 2 amide bonds. The van der Waals surface area contributed by atoms with Crippen LogP contribution in [-0.4, -0.2) is 52.6 Å². The van der Waals surface area contributed by atoms with Crippen LogP contribution in [0.4, 0.5) is 13.2 Å². The minimum absolute atomic E-state index is 0.0271. The van der Waals surface area contributed by atoms with E-state index in [4.69, 9.17) is 39.6 Å². The number of amides is 2. The smallest absolute Gasteiger partial charge is 0.374 e. The predicted octanol–water partition coefficient (Wildman–Crippen LogP) is 6.95. The molecule has 7 rings (SSSR count). The van der Waals surface area contributed by atoms with E-state index in [-0.39, 0.29) is 44.7 Å². The first-order chi connectivity index (χ1) is 19.9. The Morgan fingerprint density at radius 1 is 1.07 bits per heavy atom. The topological polar surface area (TPSA) is 74.6 Å². The Labute approximate surface area is 253 Å². The van der Waals surface area contributed by atoms with Gasteiger partial charge >= 0.3 is 6.18 Å². The number of hydrogen-bond donors (Lipinski definition) is 0. The number of nitrogens with zero attached hydrogens (tertiary/aromatic N) is 4. The van der Waals surface area contributed by atoms with Crippen LogP contribution in [0.25, 0.3) is 0 Å². The molecule has 0 radical (unpaired) electrons. The van der Waals surface area contributed by atoms with E-state index in [9.17, 15) is 22.8 Å². The second-order valence-electron chi connectivity index (χ2n) is 10.7. The minimum Gasteiger partial charge on any atom is -0.374 e.